The van der Waals surface area contributed by atoms with Crippen LogP contribution in [-0.2, 0) is 11.3 Å². The normalized spacial score (nSPS) is 20.2. The second-order valence-electron chi connectivity index (χ2n) is 6.63. The van der Waals surface area contributed by atoms with Crippen molar-refractivity contribution < 1.29 is 9.53 Å². The molecule has 0 bridgehead atoms. The van der Waals surface area contributed by atoms with Gasteiger partial charge in [0.15, 0.2) is 0 Å². The molecule has 0 radical (unpaired) electrons. The van der Waals surface area contributed by atoms with Crippen molar-refractivity contribution in [2.75, 3.05) is 6.61 Å². The lowest BCUT2D eigenvalue weighted by Crippen LogP contribution is -2.30. The summed E-state index contributed by atoms with van der Waals surface area (Å²) in [6, 6.07) is 8.09. The van der Waals surface area contributed by atoms with Crippen molar-refractivity contribution in [1.29, 1.82) is 0 Å². The van der Waals surface area contributed by atoms with E-state index in [1.807, 2.05) is 24.3 Å². The zero-order chi connectivity index (χ0) is 15.9. The largest absolute Gasteiger partial charge is 0.493 e. The Kier molecular flexibility index (Phi) is 8.42. The maximum Gasteiger partial charge on any atom is 0.223 e. The molecule has 2 rings (SSSR count). The van der Waals surface area contributed by atoms with Gasteiger partial charge in [-0.15, -0.1) is 12.4 Å². The first-order chi connectivity index (χ1) is 10.6. The van der Waals surface area contributed by atoms with E-state index >= 15 is 0 Å². The van der Waals surface area contributed by atoms with Gasteiger partial charge in [0, 0.05) is 24.1 Å². The van der Waals surface area contributed by atoms with Gasteiger partial charge in [0.25, 0.3) is 0 Å². The maximum absolute atomic E-state index is 12.2. The Morgan fingerprint density at radius 2 is 2.09 bits per heavy atom. The van der Waals surface area contributed by atoms with E-state index in [1.54, 1.807) is 0 Å². The van der Waals surface area contributed by atoms with Crippen LogP contribution in [0.25, 0.3) is 0 Å². The number of benzene rings is 1. The van der Waals surface area contributed by atoms with Gasteiger partial charge in [0.2, 0.25) is 5.91 Å². The fourth-order valence-electron chi connectivity index (χ4n) is 2.78. The number of amides is 1. The lowest BCUT2D eigenvalue weighted by molar-refractivity contribution is -0.125. The van der Waals surface area contributed by atoms with E-state index in [9.17, 15) is 4.79 Å². The van der Waals surface area contributed by atoms with E-state index in [-0.39, 0.29) is 30.3 Å². The number of carbonyl (C=O) groups excluding carboxylic acids is 1. The molecular formula is C18H29ClN2O2. The molecule has 0 heterocycles. The number of rotatable bonds is 7. The second kappa shape index (κ2) is 9.78. The van der Waals surface area contributed by atoms with Crippen molar-refractivity contribution in [3.05, 3.63) is 29.8 Å². The highest BCUT2D eigenvalue weighted by Gasteiger charge is 2.27. The molecule has 5 heteroatoms. The topological polar surface area (TPSA) is 64.3 Å². The number of para-hydroxylation sites is 1. The van der Waals surface area contributed by atoms with Crippen LogP contribution in [-0.4, -0.2) is 18.6 Å². The average molecular weight is 341 g/mol. The Bertz CT molecular complexity index is 494. The van der Waals surface area contributed by atoms with E-state index in [0.29, 0.717) is 19.1 Å². The number of hydrogen-bond acceptors (Lipinski definition) is 3. The zero-order valence-electron chi connectivity index (χ0n) is 14.1. The summed E-state index contributed by atoms with van der Waals surface area (Å²) in [5, 5.41) is 3.03. The number of halogens is 1. The molecule has 1 aliphatic rings. The predicted octanol–water partition coefficient (Wildman–Crippen LogP) is 3.28. The van der Waals surface area contributed by atoms with Gasteiger partial charge in [0.05, 0.1) is 6.61 Å². The molecule has 1 amide bonds. The molecule has 0 aliphatic heterocycles. The van der Waals surface area contributed by atoms with Crippen molar-refractivity contribution in [2.24, 2.45) is 17.6 Å². The summed E-state index contributed by atoms with van der Waals surface area (Å²) in [7, 11) is 0. The fourth-order valence-corrected chi connectivity index (χ4v) is 2.78. The van der Waals surface area contributed by atoms with Gasteiger partial charge in [-0.2, -0.15) is 0 Å². The molecule has 4 nitrogen and oxygen atoms in total. The zero-order valence-corrected chi connectivity index (χ0v) is 14.9. The summed E-state index contributed by atoms with van der Waals surface area (Å²) in [6.45, 7) is 5.59. The Morgan fingerprint density at radius 3 is 2.74 bits per heavy atom. The highest BCUT2D eigenvalue weighted by Crippen LogP contribution is 2.24. The van der Waals surface area contributed by atoms with E-state index in [1.165, 1.54) is 0 Å². The Hall–Kier alpha value is -1.26. The quantitative estimate of drug-likeness (QED) is 0.800. The summed E-state index contributed by atoms with van der Waals surface area (Å²) in [5.41, 5.74) is 6.90. The monoisotopic (exact) mass is 340 g/mol. The number of ether oxygens (including phenoxy) is 1. The summed E-state index contributed by atoms with van der Waals surface area (Å²) in [5.74, 6) is 1.68. The van der Waals surface area contributed by atoms with Gasteiger partial charge in [-0.3, -0.25) is 4.79 Å². The molecule has 0 aromatic heterocycles. The average Bonchev–Trinajstić information content (AvgIpc) is 2.92. The standard InChI is InChI=1S/C18H28N2O2.ClH/c1-13(2)9-10-22-17-6-4-3-5-15(17)12-20-18(21)14-7-8-16(19)11-14;/h3-6,13-14,16H,7-12,19H2,1-2H3,(H,20,21);1H. The van der Waals surface area contributed by atoms with Crippen molar-refractivity contribution in [2.45, 2.75) is 52.1 Å². The van der Waals surface area contributed by atoms with Crippen molar-refractivity contribution in [3.63, 3.8) is 0 Å². The molecule has 1 saturated carbocycles. The number of hydrogen-bond donors (Lipinski definition) is 2. The minimum absolute atomic E-state index is 0. The minimum Gasteiger partial charge on any atom is -0.493 e. The lowest BCUT2D eigenvalue weighted by atomic mass is 10.1. The van der Waals surface area contributed by atoms with Gasteiger partial charge >= 0.3 is 0 Å². The van der Waals surface area contributed by atoms with Crippen LogP contribution < -0.4 is 15.8 Å². The molecule has 3 N–H and O–H groups in total. The van der Waals surface area contributed by atoms with Crippen molar-refractivity contribution in [3.8, 4) is 5.75 Å². The van der Waals surface area contributed by atoms with Gasteiger partial charge in [-0.1, -0.05) is 32.0 Å². The Labute approximate surface area is 145 Å². The summed E-state index contributed by atoms with van der Waals surface area (Å²) < 4.78 is 5.85. The lowest BCUT2D eigenvalue weighted by Gasteiger charge is -2.14. The van der Waals surface area contributed by atoms with Gasteiger partial charge in [-0.25, -0.2) is 0 Å². The van der Waals surface area contributed by atoms with Crippen LogP contribution in [0.2, 0.25) is 0 Å². The van der Waals surface area contributed by atoms with Crippen molar-refractivity contribution in [1.82, 2.24) is 5.32 Å². The third-order valence-electron chi connectivity index (χ3n) is 4.22. The number of carbonyl (C=O) groups is 1. The fraction of sp³-hybridized carbons (Fsp3) is 0.611. The molecule has 130 valence electrons. The smallest absolute Gasteiger partial charge is 0.223 e. The molecule has 1 aliphatic carbocycles. The van der Waals surface area contributed by atoms with Gasteiger partial charge < -0.3 is 15.8 Å². The van der Waals surface area contributed by atoms with E-state index in [2.05, 4.69) is 19.2 Å². The van der Waals surface area contributed by atoms with Crippen LogP contribution in [0.15, 0.2) is 24.3 Å². The summed E-state index contributed by atoms with van der Waals surface area (Å²) >= 11 is 0. The molecule has 1 aromatic rings. The molecule has 0 spiro atoms. The van der Waals surface area contributed by atoms with E-state index in [0.717, 1.165) is 37.0 Å². The van der Waals surface area contributed by atoms with Crippen LogP contribution in [0.1, 0.15) is 45.1 Å². The van der Waals surface area contributed by atoms with Gasteiger partial charge in [-0.05, 0) is 37.7 Å². The third kappa shape index (κ3) is 6.40. The van der Waals surface area contributed by atoms with Crippen molar-refractivity contribution >= 4 is 18.3 Å². The van der Waals surface area contributed by atoms with Crippen LogP contribution >= 0.6 is 12.4 Å². The molecule has 1 aromatic carbocycles. The highest BCUT2D eigenvalue weighted by atomic mass is 35.5. The SMILES string of the molecule is CC(C)CCOc1ccccc1CNC(=O)C1CCC(N)C1.Cl. The first-order valence-corrected chi connectivity index (χ1v) is 8.30. The van der Waals surface area contributed by atoms with Crippen LogP contribution in [0, 0.1) is 11.8 Å². The first-order valence-electron chi connectivity index (χ1n) is 8.30. The van der Waals surface area contributed by atoms with Gasteiger partial charge in [0.1, 0.15) is 5.75 Å². The molecule has 0 saturated heterocycles. The Morgan fingerprint density at radius 1 is 1.35 bits per heavy atom. The third-order valence-corrected chi connectivity index (χ3v) is 4.22. The molecule has 2 unspecified atom stereocenters. The highest BCUT2D eigenvalue weighted by molar-refractivity contribution is 5.85. The maximum atomic E-state index is 12.2. The number of nitrogens with one attached hydrogen (secondary N) is 1. The van der Waals surface area contributed by atoms with Crippen LogP contribution in [0.4, 0.5) is 0 Å². The summed E-state index contributed by atoms with van der Waals surface area (Å²) in [6.07, 6.45) is 3.69. The Balaban J connectivity index is 0.00000264. The van der Waals surface area contributed by atoms with E-state index in [4.69, 9.17) is 10.5 Å². The number of nitrogens with two attached hydrogens (primary N) is 1. The molecular weight excluding hydrogens is 312 g/mol. The predicted molar refractivity (Wildman–Crippen MR) is 95.8 cm³/mol. The molecule has 23 heavy (non-hydrogen) atoms. The van der Waals surface area contributed by atoms with Crippen LogP contribution in [0.5, 0.6) is 5.75 Å². The minimum atomic E-state index is 0. The molecule has 1 fully saturated rings. The van der Waals surface area contributed by atoms with Crippen LogP contribution in [0.3, 0.4) is 0 Å². The van der Waals surface area contributed by atoms with E-state index < -0.39 is 0 Å². The first kappa shape index (κ1) is 19.8. The molecule has 2 atom stereocenters. The summed E-state index contributed by atoms with van der Waals surface area (Å²) in [4.78, 5) is 12.2. The second-order valence-corrected chi connectivity index (χ2v) is 6.63.